The highest BCUT2D eigenvalue weighted by molar-refractivity contribution is 6.42. The van der Waals surface area contributed by atoms with Crippen LogP contribution in [0.25, 0.3) is 0 Å². The van der Waals surface area contributed by atoms with Crippen LogP contribution in [0.4, 0.5) is 4.79 Å². The largest absolute Gasteiger partial charge is 0.325 e. The van der Waals surface area contributed by atoms with Crippen molar-refractivity contribution in [2.75, 3.05) is 6.54 Å². The van der Waals surface area contributed by atoms with Crippen molar-refractivity contribution < 1.29 is 14.4 Å². The van der Waals surface area contributed by atoms with E-state index in [2.05, 4.69) is 5.32 Å². The van der Waals surface area contributed by atoms with E-state index in [-0.39, 0.29) is 29.2 Å². The number of Topliss-reactive ketones (excluding diaryl/α,β-unsaturated/α-hetero) is 1. The molecule has 3 amide bonds. The molecule has 2 atom stereocenters. The molecule has 3 rings (SSSR count). The van der Waals surface area contributed by atoms with Crippen molar-refractivity contribution in [2.24, 2.45) is 5.92 Å². The Kier molecular flexibility index (Phi) is 4.58. The third kappa shape index (κ3) is 2.80. The van der Waals surface area contributed by atoms with Crippen LogP contribution < -0.4 is 5.32 Å². The maximum absolute atomic E-state index is 12.8. The predicted octanol–water partition coefficient (Wildman–Crippen LogP) is 3.68. The maximum Gasteiger partial charge on any atom is 0.325 e. The van der Waals surface area contributed by atoms with Gasteiger partial charge in [-0.05, 0) is 37.0 Å². The summed E-state index contributed by atoms with van der Waals surface area (Å²) in [4.78, 5) is 38.6. The van der Waals surface area contributed by atoms with Crippen molar-refractivity contribution in [3.63, 3.8) is 0 Å². The average Bonchev–Trinajstić information content (AvgIpc) is 2.78. The fraction of sp³-hybridized carbons (Fsp3) is 0.471. The lowest BCUT2D eigenvalue weighted by Gasteiger charge is -2.36. The van der Waals surface area contributed by atoms with E-state index < -0.39 is 11.6 Å². The Balaban J connectivity index is 1.80. The first kappa shape index (κ1) is 17.2. The van der Waals surface area contributed by atoms with Gasteiger partial charge in [0.2, 0.25) is 0 Å². The van der Waals surface area contributed by atoms with Crippen molar-refractivity contribution in [1.82, 2.24) is 10.2 Å². The molecule has 1 heterocycles. The van der Waals surface area contributed by atoms with Gasteiger partial charge in [-0.15, -0.1) is 0 Å². The van der Waals surface area contributed by atoms with Gasteiger partial charge in [0, 0.05) is 5.56 Å². The molecule has 1 spiro atoms. The van der Waals surface area contributed by atoms with Crippen LogP contribution in [0.3, 0.4) is 0 Å². The summed E-state index contributed by atoms with van der Waals surface area (Å²) in [7, 11) is 0. The minimum absolute atomic E-state index is 0.0628. The zero-order valence-corrected chi connectivity index (χ0v) is 14.8. The molecule has 0 radical (unpaired) electrons. The molecule has 24 heavy (non-hydrogen) atoms. The molecule has 1 aromatic carbocycles. The smallest absolute Gasteiger partial charge is 0.323 e. The van der Waals surface area contributed by atoms with Crippen molar-refractivity contribution in [3.05, 3.63) is 33.8 Å². The van der Waals surface area contributed by atoms with Crippen LogP contribution >= 0.6 is 23.2 Å². The second-order valence-corrected chi connectivity index (χ2v) is 7.31. The lowest BCUT2D eigenvalue weighted by atomic mass is 9.73. The zero-order valence-electron chi connectivity index (χ0n) is 13.3. The Morgan fingerprint density at radius 3 is 2.71 bits per heavy atom. The minimum Gasteiger partial charge on any atom is -0.323 e. The summed E-state index contributed by atoms with van der Waals surface area (Å²) in [5.74, 6) is -0.585. The number of halogens is 2. The van der Waals surface area contributed by atoms with Crippen molar-refractivity contribution in [1.29, 1.82) is 0 Å². The highest BCUT2D eigenvalue weighted by Gasteiger charge is 2.55. The molecule has 0 unspecified atom stereocenters. The molecule has 128 valence electrons. The van der Waals surface area contributed by atoms with Crippen LogP contribution in [0.15, 0.2) is 18.2 Å². The number of imide groups is 1. The van der Waals surface area contributed by atoms with Crippen molar-refractivity contribution in [2.45, 2.75) is 38.1 Å². The summed E-state index contributed by atoms with van der Waals surface area (Å²) in [6.45, 7) is 1.68. The Morgan fingerprint density at radius 1 is 1.29 bits per heavy atom. The van der Waals surface area contributed by atoms with E-state index in [1.807, 2.05) is 6.92 Å². The number of urea groups is 1. The molecular formula is C17H18Cl2N2O3. The number of carbonyl (C=O) groups excluding carboxylic acids is 3. The van der Waals surface area contributed by atoms with Gasteiger partial charge >= 0.3 is 6.03 Å². The standard InChI is InChI=1S/C17H18Cl2N2O3/c1-10-4-2-3-7-17(10)15(23)21(16(24)20-17)9-14(22)11-5-6-12(18)13(19)8-11/h5-6,8,10H,2-4,7,9H2,1H3,(H,20,24)/t10-,17+/m1/s1. The number of nitrogens with zero attached hydrogens (tertiary/aromatic N) is 1. The summed E-state index contributed by atoms with van der Waals surface area (Å²) in [5, 5.41) is 3.44. The van der Waals surface area contributed by atoms with Crippen molar-refractivity contribution in [3.8, 4) is 0 Å². The van der Waals surface area contributed by atoms with E-state index in [0.717, 1.165) is 24.2 Å². The summed E-state index contributed by atoms with van der Waals surface area (Å²) in [5.41, 5.74) is -0.532. The fourth-order valence-corrected chi connectivity index (χ4v) is 3.84. The second-order valence-electron chi connectivity index (χ2n) is 6.49. The second kappa shape index (κ2) is 6.37. The number of nitrogens with one attached hydrogen (secondary N) is 1. The lowest BCUT2D eigenvalue weighted by Crippen LogP contribution is -2.54. The Labute approximate surface area is 150 Å². The van der Waals surface area contributed by atoms with Crippen LogP contribution in [0, 0.1) is 5.92 Å². The van der Waals surface area contributed by atoms with Gasteiger partial charge in [0.1, 0.15) is 5.54 Å². The summed E-state index contributed by atoms with van der Waals surface area (Å²) in [6, 6.07) is 4.01. The molecular weight excluding hydrogens is 351 g/mol. The summed E-state index contributed by atoms with van der Waals surface area (Å²) in [6.07, 6.45) is 3.45. The fourth-order valence-electron chi connectivity index (χ4n) is 3.54. The molecule has 7 heteroatoms. The molecule has 1 saturated heterocycles. The monoisotopic (exact) mass is 368 g/mol. The first-order chi connectivity index (χ1) is 11.3. The van der Waals surface area contributed by atoms with Crippen LogP contribution in [0.5, 0.6) is 0 Å². The van der Waals surface area contributed by atoms with Gasteiger partial charge in [0.25, 0.3) is 5.91 Å². The van der Waals surface area contributed by atoms with Gasteiger partial charge in [0.15, 0.2) is 5.78 Å². The van der Waals surface area contributed by atoms with E-state index in [9.17, 15) is 14.4 Å². The van der Waals surface area contributed by atoms with Gasteiger partial charge in [-0.1, -0.05) is 43.0 Å². The molecule has 1 aromatic rings. The Bertz CT molecular complexity index is 722. The average molecular weight is 369 g/mol. The normalized spacial score (nSPS) is 26.8. The van der Waals surface area contributed by atoms with Crippen LogP contribution in [0.2, 0.25) is 10.0 Å². The topological polar surface area (TPSA) is 66.5 Å². The predicted molar refractivity (Wildman–Crippen MR) is 91.4 cm³/mol. The number of benzene rings is 1. The third-order valence-corrected chi connectivity index (χ3v) is 5.78. The zero-order chi connectivity index (χ0) is 17.5. The van der Waals surface area contributed by atoms with Crippen LogP contribution in [0.1, 0.15) is 43.0 Å². The van der Waals surface area contributed by atoms with Gasteiger partial charge in [-0.3, -0.25) is 14.5 Å². The highest BCUT2D eigenvalue weighted by atomic mass is 35.5. The number of rotatable bonds is 3. The molecule has 1 aliphatic carbocycles. The number of hydrogen-bond acceptors (Lipinski definition) is 3. The highest BCUT2D eigenvalue weighted by Crippen LogP contribution is 2.38. The molecule has 2 fully saturated rings. The third-order valence-electron chi connectivity index (χ3n) is 5.04. The number of carbonyl (C=O) groups is 3. The first-order valence-corrected chi connectivity index (χ1v) is 8.73. The molecule has 1 saturated carbocycles. The van der Waals surface area contributed by atoms with E-state index >= 15 is 0 Å². The minimum atomic E-state index is -0.854. The molecule has 5 nitrogen and oxygen atoms in total. The SMILES string of the molecule is C[C@@H]1CCCC[C@]12NC(=O)N(CC(=O)c1ccc(Cl)c(Cl)c1)C2=O. The Hall–Kier alpha value is -1.59. The van der Waals surface area contributed by atoms with E-state index in [1.54, 1.807) is 0 Å². The number of amides is 3. The van der Waals surface area contributed by atoms with Crippen LogP contribution in [-0.4, -0.2) is 34.7 Å². The summed E-state index contributed by atoms with van der Waals surface area (Å²) < 4.78 is 0. The van der Waals surface area contributed by atoms with Gasteiger partial charge in [-0.2, -0.15) is 0 Å². The molecule has 2 aliphatic rings. The quantitative estimate of drug-likeness (QED) is 0.653. The van der Waals surface area contributed by atoms with Crippen molar-refractivity contribution >= 4 is 40.9 Å². The molecule has 0 aromatic heterocycles. The van der Waals surface area contributed by atoms with Gasteiger partial charge < -0.3 is 5.32 Å². The molecule has 0 bridgehead atoms. The molecule has 1 aliphatic heterocycles. The molecule has 1 N–H and O–H groups in total. The Morgan fingerprint density at radius 2 is 2.04 bits per heavy atom. The lowest BCUT2D eigenvalue weighted by molar-refractivity contribution is -0.133. The number of hydrogen-bond donors (Lipinski definition) is 1. The van der Waals surface area contributed by atoms with Gasteiger partial charge in [0.05, 0.1) is 16.6 Å². The van der Waals surface area contributed by atoms with E-state index in [4.69, 9.17) is 23.2 Å². The summed E-state index contributed by atoms with van der Waals surface area (Å²) >= 11 is 11.8. The first-order valence-electron chi connectivity index (χ1n) is 7.97. The van der Waals surface area contributed by atoms with E-state index in [0.29, 0.717) is 17.0 Å². The van der Waals surface area contributed by atoms with Crippen LogP contribution in [-0.2, 0) is 4.79 Å². The number of ketones is 1. The maximum atomic E-state index is 12.8. The van der Waals surface area contributed by atoms with E-state index in [1.165, 1.54) is 18.2 Å². The van der Waals surface area contributed by atoms with Gasteiger partial charge in [-0.25, -0.2) is 4.79 Å².